The van der Waals surface area contributed by atoms with Gasteiger partial charge in [-0.25, -0.2) is 9.37 Å². The van der Waals surface area contributed by atoms with Crippen LogP contribution in [-0.4, -0.2) is 36.4 Å². The monoisotopic (exact) mass is 379 g/mol. The Morgan fingerprint density at radius 3 is 2.50 bits per heavy atom. The molecular formula is C18H21ClFN4O2+. The number of benzene rings is 1. The molecule has 138 valence electrons. The largest absolute Gasteiger partial charge is 0.347 e. The SMILES string of the molecule is CC[NH+](CC(=O)NCc1ccc(F)cc1)CC(=O)Nc1cccnc1Cl. The molecule has 0 aliphatic carbocycles. The van der Waals surface area contributed by atoms with Gasteiger partial charge < -0.3 is 15.5 Å². The minimum atomic E-state index is -0.318. The number of rotatable bonds is 8. The number of halogens is 2. The van der Waals surface area contributed by atoms with Gasteiger partial charge in [0.05, 0.1) is 12.2 Å². The molecule has 1 atom stereocenters. The van der Waals surface area contributed by atoms with Crippen molar-refractivity contribution in [2.24, 2.45) is 0 Å². The number of nitrogens with one attached hydrogen (secondary N) is 3. The summed E-state index contributed by atoms with van der Waals surface area (Å²) in [5, 5.41) is 5.68. The van der Waals surface area contributed by atoms with Gasteiger partial charge in [-0.1, -0.05) is 23.7 Å². The number of hydrogen-bond acceptors (Lipinski definition) is 3. The van der Waals surface area contributed by atoms with E-state index in [1.54, 1.807) is 24.3 Å². The number of anilines is 1. The van der Waals surface area contributed by atoms with E-state index in [1.165, 1.54) is 18.3 Å². The van der Waals surface area contributed by atoms with Crippen LogP contribution < -0.4 is 15.5 Å². The first-order valence-electron chi connectivity index (χ1n) is 8.23. The van der Waals surface area contributed by atoms with Crippen molar-refractivity contribution in [2.75, 3.05) is 25.0 Å². The Bertz CT molecular complexity index is 755. The van der Waals surface area contributed by atoms with Crippen LogP contribution in [0.1, 0.15) is 12.5 Å². The molecule has 0 fully saturated rings. The third kappa shape index (κ3) is 6.42. The normalized spacial score (nSPS) is 11.7. The highest BCUT2D eigenvalue weighted by molar-refractivity contribution is 6.32. The first-order chi connectivity index (χ1) is 12.5. The molecule has 1 unspecified atom stereocenters. The number of aromatic nitrogens is 1. The summed E-state index contributed by atoms with van der Waals surface area (Å²) in [4.78, 5) is 28.9. The maximum absolute atomic E-state index is 12.9. The van der Waals surface area contributed by atoms with Crippen molar-refractivity contribution in [1.29, 1.82) is 0 Å². The summed E-state index contributed by atoms with van der Waals surface area (Å²) in [5.74, 6) is -0.747. The number of amides is 2. The summed E-state index contributed by atoms with van der Waals surface area (Å²) in [6, 6.07) is 9.26. The van der Waals surface area contributed by atoms with Crippen LogP contribution in [0.2, 0.25) is 5.15 Å². The lowest BCUT2D eigenvalue weighted by Crippen LogP contribution is -3.14. The fourth-order valence-electron chi connectivity index (χ4n) is 2.31. The topological polar surface area (TPSA) is 75.5 Å². The highest BCUT2D eigenvalue weighted by Gasteiger charge is 2.17. The number of carbonyl (C=O) groups excluding carboxylic acids is 2. The van der Waals surface area contributed by atoms with E-state index >= 15 is 0 Å². The zero-order valence-electron chi connectivity index (χ0n) is 14.4. The van der Waals surface area contributed by atoms with Gasteiger partial charge in [0, 0.05) is 12.7 Å². The zero-order chi connectivity index (χ0) is 18.9. The standard InChI is InChI=1S/C18H20ClFN4O2/c1-2-24(12-17(26)23-15-4-3-9-21-18(15)19)11-16(25)22-10-13-5-7-14(20)8-6-13/h3-9H,2,10-12H2,1H3,(H,22,25)(H,23,26)/p+1. The molecule has 0 bridgehead atoms. The molecule has 2 rings (SSSR count). The number of carbonyl (C=O) groups is 2. The van der Waals surface area contributed by atoms with E-state index in [1.807, 2.05) is 6.92 Å². The molecule has 1 aromatic heterocycles. The van der Waals surface area contributed by atoms with Crippen LogP contribution in [-0.2, 0) is 16.1 Å². The van der Waals surface area contributed by atoms with Crippen molar-refractivity contribution >= 4 is 29.1 Å². The van der Waals surface area contributed by atoms with Crippen molar-refractivity contribution in [3.63, 3.8) is 0 Å². The molecule has 3 N–H and O–H groups in total. The molecule has 0 spiro atoms. The van der Waals surface area contributed by atoms with Crippen LogP contribution in [0.15, 0.2) is 42.6 Å². The van der Waals surface area contributed by atoms with Crippen LogP contribution in [0.4, 0.5) is 10.1 Å². The third-order valence-electron chi connectivity index (χ3n) is 3.76. The fraction of sp³-hybridized carbons (Fsp3) is 0.278. The van der Waals surface area contributed by atoms with Gasteiger partial charge in [-0.15, -0.1) is 0 Å². The van der Waals surface area contributed by atoms with Crippen molar-refractivity contribution in [1.82, 2.24) is 10.3 Å². The molecule has 0 saturated heterocycles. The predicted molar refractivity (Wildman–Crippen MR) is 97.4 cm³/mol. The lowest BCUT2D eigenvalue weighted by molar-refractivity contribution is -0.881. The molecule has 2 aromatic rings. The molecule has 2 amide bonds. The summed E-state index contributed by atoms with van der Waals surface area (Å²) in [5.41, 5.74) is 1.25. The Hall–Kier alpha value is -2.51. The number of nitrogens with zero attached hydrogens (tertiary/aromatic N) is 1. The van der Waals surface area contributed by atoms with Gasteiger partial charge in [-0.2, -0.15) is 0 Å². The molecule has 0 aliphatic heterocycles. The first-order valence-corrected chi connectivity index (χ1v) is 8.60. The average molecular weight is 380 g/mol. The van der Waals surface area contributed by atoms with Crippen molar-refractivity contribution in [3.05, 3.63) is 59.1 Å². The molecule has 6 nitrogen and oxygen atoms in total. The predicted octanol–water partition coefficient (Wildman–Crippen LogP) is 1.03. The van der Waals surface area contributed by atoms with E-state index < -0.39 is 0 Å². The van der Waals surface area contributed by atoms with Crippen molar-refractivity contribution in [3.8, 4) is 0 Å². The summed E-state index contributed by atoms with van der Waals surface area (Å²) in [6.45, 7) is 3.11. The van der Waals surface area contributed by atoms with E-state index in [2.05, 4.69) is 15.6 Å². The number of hydrogen-bond donors (Lipinski definition) is 3. The maximum atomic E-state index is 12.9. The zero-order valence-corrected chi connectivity index (χ0v) is 15.1. The number of quaternary nitrogens is 1. The quantitative estimate of drug-likeness (QED) is 0.600. The van der Waals surface area contributed by atoms with Gasteiger partial charge in [-0.3, -0.25) is 9.59 Å². The molecule has 1 aromatic carbocycles. The van der Waals surface area contributed by atoms with E-state index in [0.717, 1.165) is 10.5 Å². The second-order valence-electron chi connectivity index (χ2n) is 5.75. The summed E-state index contributed by atoms with van der Waals surface area (Å²) < 4.78 is 12.9. The van der Waals surface area contributed by atoms with E-state index in [-0.39, 0.29) is 35.9 Å². The molecule has 0 radical (unpaired) electrons. The fourth-order valence-corrected chi connectivity index (χ4v) is 2.47. The third-order valence-corrected chi connectivity index (χ3v) is 4.06. The van der Waals surface area contributed by atoms with Gasteiger partial charge >= 0.3 is 0 Å². The second kappa shape index (κ2) is 9.84. The average Bonchev–Trinajstić information content (AvgIpc) is 2.62. The molecular weight excluding hydrogens is 359 g/mol. The van der Waals surface area contributed by atoms with Crippen LogP contribution >= 0.6 is 11.6 Å². The summed E-state index contributed by atoms with van der Waals surface area (Å²) in [7, 11) is 0. The Morgan fingerprint density at radius 1 is 1.15 bits per heavy atom. The minimum absolute atomic E-state index is 0.131. The lowest BCUT2D eigenvalue weighted by Gasteiger charge is -2.17. The van der Waals surface area contributed by atoms with Gasteiger partial charge in [0.25, 0.3) is 11.8 Å². The van der Waals surface area contributed by atoms with Gasteiger partial charge in [0.15, 0.2) is 18.2 Å². The van der Waals surface area contributed by atoms with Gasteiger partial charge in [0.1, 0.15) is 5.82 Å². The van der Waals surface area contributed by atoms with Crippen molar-refractivity contribution in [2.45, 2.75) is 13.5 Å². The van der Waals surface area contributed by atoms with Crippen LogP contribution in [0, 0.1) is 5.82 Å². The Kier molecular flexibility index (Phi) is 7.50. The molecule has 1 heterocycles. The maximum Gasteiger partial charge on any atom is 0.279 e. The molecule has 0 aliphatic rings. The highest BCUT2D eigenvalue weighted by atomic mass is 35.5. The van der Waals surface area contributed by atoms with E-state index in [9.17, 15) is 14.0 Å². The van der Waals surface area contributed by atoms with Crippen LogP contribution in [0.25, 0.3) is 0 Å². The minimum Gasteiger partial charge on any atom is -0.347 e. The molecule has 26 heavy (non-hydrogen) atoms. The molecule has 0 saturated carbocycles. The number of likely N-dealkylation sites (N-methyl/N-ethyl adjacent to an activating group) is 1. The number of pyridine rings is 1. The van der Waals surface area contributed by atoms with E-state index in [0.29, 0.717) is 18.8 Å². The van der Waals surface area contributed by atoms with E-state index in [4.69, 9.17) is 11.6 Å². The molecule has 8 heteroatoms. The van der Waals surface area contributed by atoms with Crippen molar-refractivity contribution < 1.29 is 18.9 Å². The lowest BCUT2D eigenvalue weighted by atomic mass is 10.2. The summed E-state index contributed by atoms with van der Waals surface area (Å²) >= 11 is 5.91. The Morgan fingerprint density at radius 2 is 1.85 bits per heavy atom. The van der Waals surface area contributed by atoms with Crippen LogP contribution in [0.5, 0.6) is 0 Å². The summed E-state index contributed by atoms with van der Waals surface area (Å²) in [6.07, 6.45) is 1.53. The van der Waals surface area contributed by atoms with Crippen LogP contribution in [0.3, 0.4) is 0 Å². The Labute approximate surface area is 156 Å². The van der Waals surface area contributed by atoms with Gasteiger partial charge in [-0.05, 0) is 36.8 Å². The highest BCUT2D eigenvalue weighted by Crippen LogP contribution is 2.16. The van der Waals surface area contributed by atoms with Gasteiger partial charge in [0.2, 0.25) is 0 Å². The second-order valence-corrected chi connectivity index (χ2v) is 6.11. The Balaban J connectivity index is 1.80. The first kappa shape index (κ1) is 19.8. The smallest absolute Gasteiger partial charge is 0.279 e.